The number of hydrogen-bond donors (Lipinski definition) is 1. The van der Waals surface area contributed by atoms with E-state index in [2.05, 4.69) is 5.32 Å². The number of carbonyl (C=O) groups is 2. The second-order valence-corrected chi connectivity index (χ2v) is 10.4. The summed E-state index contributed by atoms with van der Waals surface area (Å²) in [5, 5.41) is 7.20. The van der Waals surface area contributed by atoms with Crippen LogP contribution in [0.5, 0.6) is 5.75 Å². The van der Waals surface area contributed by atoms with E-state index in [1.807, 2.05) is 59.3 Å². The van der Waals surface area contributed by atoms with Crippen molar-refractivity contribution in [3.05, 3.63) is 74.6 Å². The summed E-state index contributed by atoms with van der Waals surface area (Å²) in [4.78, 5) is 30.9. The van der Waals surface area contributed by atoms with Gasteiger partial charge >= 0.3 is 0 Å². The molecule has 1 fully saturated rings. The highest BCUT2D eigenvalue weighted by Gasteiger charge is 2.33. The first-order valence-electron chi connectivity index (χ1n) is 11.4. The normalized spacial score (nSPS) is 15.1. The van der Waals surface area contributed by atoms with Crippen molar-refractivity contribution in [1.29, 1.82) is 0 Å². The van der Waals surface area contributed by atoms with Crippen LogP contribution in [0.4, 0.5) is 0 Å². The number of benzene rings is 1. The maximum Gasteiger partial charge on any atom is 0.248 e. The fourth-order valence-corrected chi connectivity index (χ4v) is 5.88. The molecule has 1 saturated carbocycles. The first-order chi connectivity index (χ1) is 16.1. The smallest absolute Gasteiger partial charge is 0.248 e. The van der Waals surface area contributed by atoms with Crippen LogP contribution in [0.25, 0.3) is 0 Å². The molecule has 2 aromatic heterocycles. The minimum atomic E-state index is -0.661. The third-order valence-corrected chi connectivity index (χ3v) is 7.84. The number of methoxy groups -OCH3 is 1. The molecule has 1 atom stereocenters. The summed E-state index contributed by atoms with van der Waals surface area (Å²) in [6.45, 7) is 0.335. The summed E-state index contributed by atoms with van der Waals surface area (Å²) in [6, 6.07) is 15.0. The summed E-state index contributed by atoms with van der Waals surface area (Å²) in [5.41, 5.74) is 0.931. The maximum absolute atomic E-state index is 13.7. The lowest BCUT2D eigenvalue weighted by molar-refractivity contribution is -0.141. The van der Waals surface area contributed by atoms with Crippen molar-refractivity contribution in [3.63, 3.8) is 0 Å². The summed E-state index contributed by atoms with van der Waals surface area (Å²) in [7, 11) is 1.63. The van der Waals surface area contributed by atoms with Crippen LogP contribution in [-0.2, 0) is 22.6 Å². The third-order valence-electron chi connectivity index (χ3n) is 6.04. The minimum Gasteiger partial charge on any atom is -0.497 e. The van der Waals surface area contributed by atoms with Crippen LogP contribution in [0.15, 0.2) is 59.3 Å². The fourth-order valence-electron chi connectivity index (χ4n) is 4.35. The lowest BCUT2D eigenvalue weighted by Gasteiger charge is -2.33. The molecule has 3 aromatic rings. The molecule has 1 aromatic carbocycles. The Balaban J connectivity index is 1.65. The Morgan fingerprint density at radius 3 is 2.55 bits per heavy atom. The van der Waals surface area contributed by atoms with Gasteiger partial charge in [-0.25, -0.2) is 0 Å². The molecule has 1 N–H and O–H groups in total. The van der Waals surface area contributed by atoms with Crippen LogP contribution in [0.2, 0.25) is 0 Å². The lowest BCUT2D eigenvalue weighted by atomic mass is 9.95. The SMILES string of the molecule is COc1cccc(CN(C(=O)Cc2cccs2)[C@H](C(=O)NC2CCCCC2)c2cccs2)c1. The number of nitrogens with one attached hydrogen (secondary N) is 1. The fraction of sp³-hybridized carbons (Fsp3) is 0.385. The summed E-state index contributed by atoms with van der Waals surface area (Å²) < 4.78 is 5.38. The topological polar surface area (TPSA) is 58.6 Å². The average Bonchev–Trinajstić information content (AvgIpc) is 3.54. The van der Waals surface area contributed by atoms with E-state index < -0.39 is 6.04 Å². The molecule has 0 unspecified atom stereocenters. The Hall–Kier alpha value is -2.64. The van der Waals surface area contributed by atoms with E-state index in [9.17, 15) is 9.59 Å². The molecule has 0 radical (unpaired) electrons. The van der Waals surface area contributed by atoms with E-state index >= 15 is 0 Å². The highest BCUT2D eigenvalue weighted by atomic mass is 32.1. The van der Waals surface area contributed by atoms with Crippen LogP contribution in [-0.4, -0.2) is 29.9 Å². The number of amides is 2. The van der Waals surface area contributed by atoms with E-state index in [4.69, 9.17) is 4.74 Å². The lowest BCUT2D eigenvalue weighted by Crippen LogP contribution is -2.47. The van der Waals surface area contributed by atoms with Gasteiger partial charge in [0.15, 0.2) is 0 Å². The predicted octanol–water partition coefficient (Wildman–Crippen LogP) is 5.58. The molecule has 2 amide bonds. The second-order valence-electron chi connectivity index (χ2n) is 8.39. The standard InChI is InChI=1S/C26H30N2O3S2/c1-31-21-11-5-8-19(16-21)18-28(24(29)17-22-12-6-14-32-22)25(23-13-7-15-33-23)26(30)27-20-9-3-2-4-10-20/h5-8,11-16,20,25H,2-4,9-10,17-18H2,1H3,(H,27,30)/t25-/m0/s1. The van der Waals surface area contributed by atoms with E-state index in [0.29, 0.717) is 6.54 Å². The van der Waals surface area contributed by atoms with Crippen molar-refractivity contribution in [3.8, 4) is 5.75 Å². The van der Waals surface area contributed by atoms with Crippen molar-refractivity contribution in [2.45, 2.75) is 57.2 Å². The van der Waals surface area contributed by atoms with Crippen LogP contribution in [0, 0.1) is 0 Å². The van der Waals surface area contributed by atoms with Gasteiger partial charge in [0.2, 0.25) is 11.8 Å². The number of nitrogens with zero attached hydrogens (tertiary/aromatic N) is 1. The molecule has 0 aliphatic heterocycles. The van der Waals surface area contributed by atoms with Gasteiger partial charge in [0, 0.05) is 22.3 Å². The van der Waals surface area contributed by atoms with Crippen LogP contribution in [0.3, 0.4) is 0 Å². The Bertz CT molecular complexity index is 1030. The second kappa shape index (κ2) is 11.5. The van der Waals surface area contributed by atoms with E-state index in [0.717, 1.165) is 46.8 Å². The molecule has 0 bridgehead atoms. The number of carbonyl (C=O) groups excluding carboxylic acids is 2. The zero-order valence-electron chi connectivity index (χ0n) is 18.9. The Labute approximate surface area is 203 Å². The Kier molecular flexibility index (Phi) is 8.18. The third kappa shape index (κ3) is 6.24. The van der Waals surface area contributed by atoms with Crippen molar-refractivity contribution < 1.29 is 14.3 Å². The molecule has 1 aliphatic rings. The number of rotatable bonds is 9. The van der Waals surface area contributed by atoms with Crippen LogP contribution < -0.4 is 10.1 Å². The zero-order valence-corrected chi connectivity index (χ0v) is 20.5. The van der Waals surface area contributed by atoms with E-state index in [1.54, 1.807) is 23.3 Å². The van der Waals surface area contributed by atoms with Gasteiger partial charge in [-0.15, -0.1) is 22.7 Å². The van der Waals surface area contributed by atoms with Crippen molar-refractivity contribution in [1.82, 2.24) is 10.2 Å². The monoisotopic (exact) mass is 482 g/mol. The molecule has 2 heterocycles. The largest absolute Gasteiger partial charge is 0.497 e. The maximum atomic E-state index is 13.7. The average molecular weight is 483 g/mol. The summed E-state index contributed by atoms with van der Waals surface area (Å²) >= 11 is 3.08. The molecule has 5 nitrogen and oxygen atoms in total. The van der Waals surface area contributed by atoms with E-state index in [-0.39, 0.29) is 24.3 Å². The number of thiophene rings is 2. The van der Waals surface area contributed by atoms with Crippen molar-refractivity contribution >= 4 is 34.5 Å². The van der Waals surface area contributed by atoms with Gasteiger partial charge < -0.3 is 15.0 Å². The van der Waals surface area contributed by atoms with Gasteiger partial charge in [-0.3, -0.25) is 9.59 Å². The molecular formula is C26H30N2O3S2. The van der Waals surface area contributed by atoms with Crippen molar-refractivity contribution in [2.24, 2.45) is 0 Å². The molecule has 0 spiro atoms. The molecule has 0 saturated heterocycles. The van der Waals surface area contributed by atoms with Gasteiger partial charge in [0.05, 0.1) is 13.5 Å². The summed E-state index contributed by atoms with van der Waals surface area (Å²) in [6.07, 6.45) is 5.78. The van der Waals surface area contributed by atoms with Gasteiger partial charge in [0.25, 0.3) is 0 Å². The van der Waals surface area contributed by atoms with Crippen LogP contribution in [0.1, 0.15) is 53.5 Å². The molecule has 4 rings (SSSR count). The number of ether oxygens (including phenoxy) is 1. The zero-order chi connectivity index (χ0) is 23.0. The Morgan fingerprint density at radius 1 is 1.06 bits per heavy atom. The van der Waals surface area contributed by atoms with Gasteiger partial charge in [-0.2, -0.15) is 0 Å². The molecule has 1 aliphatic carbocycles. The van der Waals surface area contributed by atoms with Gasteiger partial charge in [0.1, 0.15) is 11.8 Å². The van der Waals surface area contributed by atoms with Gasteiger partial charge in [-0.1, -0.05) is 43.5 Å². The quantitative estimate of drug-likeness (QED) is 0.433. The Morgan fingerprint density at radius 2 is 1.85 bits per heavy atom. The van der Waals surface area contributed by atoms with Crippen LogP contribution >= 0.6 is 22.7 Å². The van der Waals surface area contributed by atoms with Gasteiger partial charge in [-0.05, 0) is 53.4 Å². The highest BCUT2D eigenvalue weighted by Crippen LogP contribution is 2.30. The van der Waals surface area contributed by atoms with E-state index in [1.165, 1.54) is 17.8 Å². The minimum absolute atomic E-state index is 0.0579. The number of hydrogen-bond acceptors (Lipinski definition) is 5. The first kappa shape index (κ1) is 23.5. The first-order valence-corrected chi connectivity index (χ1v) is 13.2. The predicted molar refractivity (Wildman–Crippen MR) is 134 cm³/mol. The van der Waals surface area contributed by atoms with Crippen molar-refractivity contribution in [2.75, 3.05) is 7.11 Å². The molecule has 33 heavy (non-hydrogen) atoms. The highest BCUT2D eigenvalue weighted by molar-refractivity contribution is 7.10. The molecular weight excluding hydrogens is 452 g/mol. The molecule has 7 heteroatoms. The molecule has 174 valence electrons. The summed E-state index contributed by atoms with van der Waals surface area (Å²) in [5.74, 6) is 0.585.